The van der Waals surface area contributed by atoms with Gasteiger partial charge in [-0.1, -0.05) is 48.0 Å². The molecule has 0 unspecified atom stereocenters. The first kappa shape index (κ1) is 19.7. The smallest absolute Gasteiger partial charge is 0.197 e. The highest BCUT2D eigenvalue weighted by Gasteiger charge is 2.36. The molecule has 2 atom stereocenters. The number of rotatable bonds is 8. The summed E-state index contributed by atoms with van der Waals surface area (Å²) in [4.78, 5) is 24.2. The van der Waals surface area contributed by atoms with E-state index in [0.29, 0.717) is 23.5 Å². The second-order valence-electron chi connectivity index (χ2n) is 7.31. The van der Waals surface area contributed by atoms with E-state index in [4.69, 9.17) is 11.6 Å². The quantitative estimate of drug-likeness (QED) is 0.595. The van der Waals surface area contributed by atoms with Gasteiger partial charge in [0.05, 0.1) is 10.6 Å². The monoisotopic (exact) mass is 391 g/mol. The number of carbonyl (C=O) groups is 2. The van der Waals surface area contributed by atoms with Gasteiger partial charge in [0.25, 0.3) is 0 Å². The summed E-state index contributed by atoms with van der Waals surface area (Å²) in [5.74, 6) is -0.613. The van der Waals surface area contributed by atoms with Crippen LogP contribution in [0.2, 0.25) is 5.02 Å². The summed E-state index contributed by atoms with van der Waals surface area (Å²) in [6.45, 7) is 3.46. The highest BCUT2D eigenvalue weighted by Crippen LogP contribution is 2.43. The maximum absolute atomic E-state index is 15.4. The Labute approximate surface area is 166 Å². The molecule has 1 aliphatic rings. The Bertz CT molecular complexity index is 859. The molecule has 0 aliphatic heterocycles. The van der Waals surface area contributed by atoms with Crippen LogP contribution < -0.4 is 5.32 Å². The molecule has 0 saturated heterocycles. The van der Waals surface area contributed by atoms with Gasteiger partial charge in [0.15, 0.2) is 5.78 Å². The van der Waals surface area contributed by atoms with Crippen LogP contribution >= 0.6 is 11.6 Å². The molecule has 5 heteroatoms. The fraction of sp³-hybridized carbons (Fsp3) is 0.364. The van der Waals surface area contributed by atoms with Crippen LogP contribution in [0.4, 0.5) is 4.39 Å². The number of carbonyl (C=O) groups excluding carboxylic acids is 2. The maximum Gasteiger partial charge on any atom is 0.197 e. The molecule has 3 rings (SSSR count). The SMILES string of the molecule is CC(=O)C[C@H](C)N[C@@H](c1ccc(Cl)c(C(=O)c2ccccc2)c1F)C1CC1.[HH].[HH]. The van der Waals surface area contributed by atoms with Crippen molar-refractivity contribution in [3.63, 3.8) is 0 Å². The van der Waals surface area contributed by atoms with Crippen molar-refractivity contribution in [1.82, 2.24) is 5.32 Å². The van der Waals surface area contributed by atoms with Gasteiger partial charge in [-0.3, -0.25) is 9.59 Å². The Morgan fingerprint density at radius 3 is 2.48 bits per heavy atom. The third-order valence-corrected chi connectivity index (χ3v) is 5.19. The summed E-state index contributed by atoms with van der Waals surface area (Å²) in [5.41, 5.74) is 0.750. The first-order chi connectivity index (χ1) is 12.9. The number of hydrogen-bond donors (Lipinski definition) is 1. The maximum atomic E-state index is 15.4. The molecule has 0 spiro atoms. The lowest BCUT2D eigenvalue weighted by Gasteiger charge is -2.24. The summed E-state index contributed by atoms with van der Waals surface area (Å²) in [7, 11) is 0. The van der Waals surface area contributed by atoms with Gasteiger partial charge >= 0.3 is 0 Å². The van der Waals surface area contributed by atoms with Gasteiger partial charge in [-0.15, -0.1) is 0 Å². The van der Waals surface area contributed by atoms with E-state index < -0.39 is 11.6 Å². The molecule has 1 saturated carbocycles. The average Bonchev–Trinajstić information content (AvgIpc) is 3.45. The molecule has 0 amide bonds. The van der Waals surface area contributed by atoms with Crippen molar-refractivity contribution in [2.24, 2.45) is 5.92 Å². The van der Waals surface area contributed by atoms with Crippen molar-refractivity contribution >= 4 is 23.2 Å². The lowest BCUT2D eigenvalue weighted by molar-refractivity contribution is -0.117. The second-order valence-corrected chi connectivity index (χ2v) is 7.72. The minimum Gasteiger partial charge on any atom is -0.307 e. The molecule has 0 aromatic heterocycles. The molecule has 1 aliphatic carbocycles. The number of ketones is 2. The van der Waals surface area contributed by atoms with E-state index in [2.05, 4.69) is 5.32 Å². The number of nitrogens with one attached hydrogen (secondary N) is 1. The highest BCUT2D eigenvalue weighted by atomic mass is 35.5. The Balaban J connectivity index is 0.00000210. The first-order valence-corrected chi connectivity index (χ1v) is 9.59. The lowest BCUT2D eigenvalue weighted by Crippen LogP contribution is -2.34. The second kappa shape index (κ2) is 8.32. The summed E-state index contributed by atoms with van der Waals surface area (Å²) in [6, 6.07) is 11.5. The van der Waals surface area contributed by atoms with Crippen molar-refractivity contribution in [2.75, 3.05) is 0 Å². The number of hydrogen-bond acceptors (Lipinski definition) is 3. The highest BCUT2D eigenvalue weighted by molar-refractivity contribution is 6.35. The van der Waals surface area contributed by atoms with E-state index in [-0.39, 0.29) is 31.3 Å². The zero-order valence-electron chi connectivity index (χ0n) is 15.5. The number of halogens is 2. The Hall–Kier alpha value is -2.04. The molecule has 0 bridgehead atoms. The third-order valence-electron chi connectivity index (χ3n) is 4.87. The minimum atomic E-state index is -0.573. The van der Waals surface area contributed by atoms with Crippen molar-refractivity contribution in [2.45, 2.75) is 45.2 Å². The van der Waals surface area contributed by atoms with Crippen LogP contribution in [0.1, 0.15) is 63.5 Å². The van der Waals surface area contributed by atoms with E-state index in [1.807, 2.05) is 6.92 Å². The van der Waals surface area contributed by atoms with E-state index in [0.717, 1.165) is 12.8 Å². The van der Waals surface area contributed by atoms with Gasteiger partial charge in [0, 0.05) is 32.5 Å². The van der Waals surface area contributed by atoms with Gasteiger partial charge in [0.1, 0.15) is 11.6 Å². The predicted octanol–water partition coefficient (Wildman–Crippen LogP) is 5.61. The summed E-state index contributed by atoms with van der Waals surface area (Å²) < 4.78 is 15.4. The minimum absolute atomic E-state index is 0. The molecule has 1 fully saturated rings. The summed E-state index contributed by atoms with van der Waals surface area (Å²) >= 11 is 6.19. The van der Waals surface area contributed by atoms with Gasteiger partial charge in [-0.25, -0.2) is 4.39 Å². The van der Waals surface area contributed by atoms with Crippen LogP contribution in [0.3, 0.4) is 0 Å². The molecule has 2 aromatic carbocycles. The molecular formula is C22H27ClFNO2. The average molecular weight is 392 g/mol. The van der Waals surface area contributed by atoms with Crippen LogP contribution in [0.15, 0.2) is 42.5 Å². The van der Waals surface area contributed by atoms with E-state index >= 15 is 4.39 Å². The largest absolute Gasteiger partial charge is 0.307 e. The van der Waals surface area contributed by atoms with Crippen molar-refractivity contribution in [3.05, 3.63) is 70.0 Å². The summed E-state index contributed by atoms with van der Waals surface area (Å²) in [6.07, 6.45) is 2.37. The van der Waals surface area contributed by atoms with Crippen LogP contribution in [-0.4, -0.2) is 17.6 Å². The molecule has 1 N–H and O–H groups in total. The van der Waals surface area contributed by atoms with Crippen molar-refractivity contribution in [1.29, 1.82) is 0 Å². The number of benzene rings is 2. The van der Waals surface area contributed by atoms with E-state index in [1.54, 1.807) is 49.4 Å². The van der Waals surface area contributed by atoms with Crippen LogP contribution in [0.5, 0.6) is 0 Å². The molecule has 0 heterocycles. The zero-order valence-corrected chi connectivity index (χ0v) is 16.2. The van der Waals surface area contributed by atoms with Gasteiger partial charge in [0.2, 0.25) is 0 Å². The van der Waals surface area contributed by atoms with Gasteiger partial charge in [-0.2, -0.15) is 0 Å². The molecule has 3 nitrogen and oxygen atoms in total. The fourth-order valence-corrected chi connectivity index (χ4v) is 3.69. The Morgan fingerprint density at radius 2 is 1.89 bits per heavy atom. The van der Waals surface area contributed by atoms with Crippen molar-refractivity contribution < 1.29 is 16.8 Å². The zero-order chi connectivity index (χ0) is 19.6. The Kier molecular flexibility index (Phi) is 6.08. The lowest BCUT2D eigenvalue weighted by atomic mass is 9.94. The fourth-order valence-electron chi connectivity index (χ4n) is 3.46. The molecular weight excluding hydrogens is 365 g/mol. The number of Topliss-reactive ketones (excluding diaryl/α,β-unsaturated/α-hetero) is 1. The van der Waals surface area contributed by atoms with E-state index in [1.165, 1.54) is 0 Å². The topological polar surface area (TPSA) is 46.2 Å². The van der Waals surface area contributed by atoms with Crippen LogP contribution in [-0.2, 0) is 4.79 Å². The molecule has 0 radical (unpaired) electrons. The standard InChI is InChI=1S/C22H23ClFNO2.2H2/c1-13(12-14(2)26)25-21(15-8-9-15)17-10-11-18(23)19(20(17)24)22(27)16-6-4-3-5-7-16;;/h3-7,10-11,13,15,21,25H,8-9,12H2,1-2H3;2*1H/t13-,21+;;/m0../s1. The van der Waals surface area contributed by atoms with Crippen LogP contribution in [0.25, 0.3) is 0 Å². The molecule has 146 valence electrons. The summed E-state index contributed by atoms with van der Waals surface area (Å²) in [5, 5.41) is 3.49. The molecule has 2 aromatic rings. The molecule has 27 heavy (non-hydrogen) atoms. The first-order valence-electron chi connectivity index (χ1n) is 9.21. The predicted molar refractivity (Wildman–Crippen MR) is 109 cm³/mol. The van der Waals surface area contributed by atoms with Crippen LogP contribution in [0, 0.1) is 11.7 Å². The Morgan fingerprint density at radius 1 is 1.22 bits per heavy atom. The normalized spacial score (nSPS) is 16.0. The van der Waals surface area contributed by atoms with Crippen molar-refractivity contribution in [3.8, 4) is 0 Å². The van der Waals surface area contributed by atoms with E-state index in [9.17, 15) is 9.59 Å². The van der Waals surface area contributed by atoms with Gasteiger partial charge in [-0.05, 0) is 38.7 Å². The third kappa shape index (κ3) is 4.63. The van der Waals surface area contributed by atoms with Gasteiger partial charge < -0.3 is 5.32 Å².